The van der Waals surface area contributed by atoms with Crippen molar-refractivity contribution in [3.8, 4) is 11.5 Å². The Kier molecular flexibility index (Phi) is 9.26. The van der Waals surface area contributed by atoms with E-state index in [1.807, 2.05) is 0 Å². The molecule has 1 aliphatic heterocycles. The van der Waals surface area contributed by atoms with Crippen LogP contribution in [0.2, 0.25) is 0 Å². The highest BCUT2D eigenvalue weighted by atomic mass is 32.2. The molecule has 0 aromatic heterocycles. The van der Waals surface area contributed by atoms with Crippen LogP contribution in [0.4, 0.5) is 10.1 Å². The molecular weight excluding hydrogens is 537 g/mol. The third-order valence-corrected chi connectivity index (χ3v) is 8.21. The van der Waals surface area contributed by atoms with Gasteiger partial charge in [-0.2, -0.15) is 0 Å². The molecule has 0 saturated heterocycles. The number of sulfonamides is 1. The second kappa shape index (κ2) is 12.8. The van der Waals surface area contributed by atoms with E-state index >= 15 is 0 Å². The molecule has 1 N–H and O–H groups in total. The minimum atomic E-state index is -4.21. The average Bonchev–Trinajstić information content (AvgIpc) is 2.97. The van der Waals surface area contributed by atoms with Crippen LogP contribution in [0.15, 0.2) is 77.7 Å². The molecule has 1 atom stereocenters. The quantitative estimate of drug-likeness (QED) is 0.377. The summed E-state index contributed by atoms with van der Waals surface area (Å²) in [6, 6.07) is 17.2. The van der Waals surface area contributed by atoms with Crippen molar-refractivity contribution >= 4 is 27.5 Å². The van der Waals surface area contributed by atoms with E-state index in [0.717, 1.165) is 4.31 Å². The predicted octanol–water partition coefficient (Wildman–Crippen LogP) is 3.74. The van der Waals surface area contributed by atoms with Crippen molar-refractivity contribution in [1.82, 2.24) is 10.2 Å². The molecule has 0 unspecified atom stereocenters. The molecule has 1 aliphatic rings. The number of ether oxygens (including phenoxy) is 2. The lowest BCUT2D eigenvalue weighted by Crippen LogP contribution is -2.52. The van der Waals surface area contributed by atoms with Gasteiger partial charge in [0.1, 0.15) is 31.6 Å². The highest BCUT2D eigenvalue weighted by molar-refractivity contribution is 7.92. The number of carbonyl (C=O) groups excluding carboxylic acids is 2. The Morgan fingerprint density at radius 1 is 0.950 bits per heavy atom. The van der Waals surface area contributed by atoms with Gasteiger partial charge in [0.25, 0.3) is 10.0 Å². The molecule has 2 amide bonds. The predicted molar refractivity (Wildman–Crippen MR) is 148 cm³/mol. The second-order valence-corrected chi connectivity index (χ2v) is 11.0. The van der Waals surface area contributed by atoms with Crippen LogP contribution in [-0.4, -0.2) is 57.5 Å². The van der Waals surface area contributed by atoms with Gasteiger partial charge in [-0.15, -0.1) is 0 Å². The third-order valence-electron chi connectivity index (χ3n) is 6.43. The van der Waals surface area contributed by atoms with E-state index in [1.165, 1.54) is 47.4 Å². The van der Waals surface area contributed by atoms with Gasteiger partial charge in [0.05, 0.1) is 10.6 Å². The van der Waals surface area contributed by atoms with E-state index in [9.17, 15) is 22.4 Å². The van der Waals surface area contributed by atoms with E-state index in [1.54, 1.807) is 44.2 Å². The standard InChI is InChI=1S/C29H32FN3O6S/c1-3-25(29(35)31-4-2)32(19-21-10-12-22(30)13-11-21)28(34)20-33(40(36,37)24-8-6-5-7-9-24)23-14-15-26-27(18-23)39-17-16-38-26/h5-15,18,25H,3-4,16-17,19-20H2,1-2H3,(H,31,35)/t25-/m0/s1. The number of likely N-dealkylation sites (N-methyl/N-ethyl adjacent to an activating group) is 1. The monoisotopic (exact) mass is 569 g/mol. The molecule has 1 heterocycles. The zero-order chi connectivity index (χ0) is 28.7. The molecule has 0 bridgehead atoms. The van der Waals surface area contributed by atoms with Crippen LogP contribution < -0.4 is 19.1 Å². The number of halogens is 1. The summed E-state index contributed by atoms with van der Waals surface area (Å²) in [5.41, 5.74) is 0.795. The van der Waals surface area contributed by atoms with Gasteiger partial charge in [-0.3, -0.25) is 13.9 Å². The number of carbonyl (C=O) groups is 2. The van der Waals surface area contributed by atoms with Crippen molar-refractivity contribution in [3.63, 3.8) is 0 Å². The molecule has 11 heteroatoms. The van der Waals surface area contributed by atoms with Crippen molar-refractivity contribution in [1.29, 1.82) is 0 Å². The fraction of sp³-hybridized carbons (Fsp3) is 0.310. The Bertz CT molecular complexity index is 1430. The van der Waals surface area contributed by atoms with Gasteiger partial charge in [-0.25, -0.2) is 12.8 Å². The number of nitrogens with one attached hydrogen (secondary N) is 1. The third kappa shape index (κ3) is 6.53. The molecule has 0 radical (unpaired) electrons. The van der Waals surface area contributed by atoms with Crippen LogP contribution in [0, 0.1) is 5.82 Å². The summed E-state index contributed by atoms with van der Waals surface area (Å²) in [4.78, 5) is 28.3. The van der Waals surface area contributed by atoms with Crippen LogP contribution in [0.25, 0.3) is 0 Å². The SMILES string of the molecule is CCNC(=O)[C@H](CC)N(Cc1ccc(F)cc1)C(=O)CN(c1ccc2c(c1)OCCO2)S(=O)(=O)c1ccccc1. The van der Waals surface area contributed by atoms with Crippen LogP contribution in [0.3, 0.4) is 0 Å². The summed E-state index contributed by atoms with van der Waals surface area (Å²) in [7, 11) is -4.21. The smallest absolute Gasteiger partial charge is 0.264 e. The van der Waals surface area contributed by atoms with Crippen molar-refractivity contribution in [2.75, 3.05) is 30.6 Å². The Balaban J connectivity index is 1.75. The second-order valence-electron chi connectivity index (χ2n) is 9.12. The summed E-state index contributed by atoms with van der Waals surface area (Å²) < 4.78 is 53.6. The van der Waals surface area contributed by atoms with Gasteiger partial charge in [0.15, 0.2) is 11.5 Å². The average molecular weight is 570 g/mol. The van der Waals surface area contributed by atoms with Gasteiger partial charge < -0.3 is 19.7 Å². The molecule has 9 nitrogen and oxygen atoms in total. The molecule has 3 aromatic rings. The molecule has 0 fully saturated rings. The first-order valence-electron chi connectivity index (χ1n) is 13.0. The Morgan fingerprint density at radius 2 is 1.62 bits per heavy atom. The minimum Gasteiger partial charge on any atom is -0.486 e. The lowest BCUT2D eigenvalue weighted by Gasteiger charge is -2.33. The maximum Gasteiger partial charge on any atom is 0.264 e. The van der Waals surface area contributed by atoms with E-state index in [0.29, 0.717) is 36.8 Å². The Morgan fingerprint density at radius 3 is 2.27 bits per heavy atom. The van der Waals surface area contributed by atoms with E-state index in [2.05, 4.69) is 5.32 Å². The first kappa shape index (κ1) is 28.9. The van der Waals surface area contributed by atoms with Gasteiger partial charge in [-0.05, 0) is 55.3 Å². The maximum absolute atomic E-state index is 14.0. The number of anilines is 1. The van der Waals surface area contributed by atoms with Crippen molar-refractivity contribution in [2.24, 2.45) is 0 Å². The fourth-order valence-corrected chi connectivity index (χ4v) is 5.86. The zero-order valence-corrected chi connectivity index (χ0v) is 23.2. The topological polar surface area (TPSA) is 105 Å². The summed E-state index contributed by atoms with van der Waals surface area (Å²) in [5, 5.41) is 2.75. The summed E-state index contributed by atoms with van der Waals surface area (Å²) in [6.07, 6.45) is 0.286. The molecule has 212 valence electrons. The number of fused-ring (bicyclic) bond motifs is 1. The summed E-state index contributed by atoms with van der Waals surface area (Å²) in [5.74, 6) is -0.565. The highest BCUT2D eigenvalue weighted by Gasteiger charge is 2.34. The normalized spacial score (nSPS) is 13.3. The first-order valence-corrected chi connectivity index (χ1v) is 14.5. The number of rotatable bonds is 11. The van der Waals surface area contributed by atoms with E-state index in [4.69, 9.17) is 9.47 Å². The van der Waals surface area contributed by atoms with Gasteiger partial charge in [0.2, 0.25) is 11.8 Å². The lowest BCUT2D eigenvalue weighted by molar-refractivity contribution is -0.140. The molecule has 40 heavy (non-hydrogen) atoms. The molecule has 0 aliphatic carbocycles. The van der Waals surface area contributed by atoms with Crippen LogP contribution in [0.1, 0.15) is 25.8 Å². The van der Waals surface area contributed by atoms with Gasteiger partial charge >= 0.3 is 0 Å². The molecule has 0 saturated carbocycles. The molecule has 4 rings (SSSR count). The Hall–Kier alpha value is -4.12. The number of benzene rings is 3. The zero-order valence-electron chi connectivity index (χ0n) is 22.4. The minimum absolute atomic E-state index is 0.00135. The number of nitrogens with zero attached hydrogens (tertiary/aromatic N) is 2. The fourth-order valence-electron chi connectivity index (χ4n) is 4.43. The summed E-state index contributed by atoms with van der Waals surface area (Å²) >= 11 is 0. The van der Waals surface area contributed by atoms with Crippen molar-refractivity contribution < 1.29 is 31.9 Å². The number of amides is 2. The van der Waals surface area contributed by atoms with Crippen molar-refractivity contribution in [2.45, 2.75) is 37.8 Å². The maximum atomic E-state index is 14.0. The number of hydrogen-bond donors (Lipinski definition) is 1. The number of hydrogen-bond acceptors (Lipinski definition) is 6. The highest BCUT2D eigenvalue weighted by Crippen LogP contribution is 2.36. The van der Waals surface area contributed by atoms with Gasteiger partial charge in [0, 0.05) is 19.2 Å². The van der Waals surface area contributed by atoms with Gasteiger partial charge in [-0.1, -0.05) is 37.3 Å². The Labute approximate surface area is 233 Å². The van der Waals surface area contributed by atoms with Crippen LogP contribution in [-0.2, 0) is 26.2 Å². The lowest BCUT2D eigenvalue weighted by atomic mass is 10.1. The van der Waals surface area contributed by atoms with Crippen LogP contribution in [0.5, 0.6) is 11.5 Å². The van der Waals surface area contributed by atoms with Crippen molar-refractivity contribution in [3.05, 3.63) is 84.2 Å². The summed E-state index contributed by atoms with van der Waals surface area (Å²) in [6.45, 7) is 3.96. The molecular formula is C29H32FN3O6S. The largest absolute Gasteiger partial charge is 0.486 e. The van der Waals surface area contributed by atoms with E-state index in [-0.39, 0.29) is 29.5 Å². The first-order chi connectivity index (χ1) is 19.2. The molecule has 0 spiro atoms. The van der Waals surface area contributed by atoms with Crippen LogP contribution >= 0.6 is 0 Å². The van der Waals surface area contributed by atoms with E-state index < -0.39 is 34.3 Å². The molecule has 3 aromatic carbocycles.